The molecule has 8 nitrogen and oxygen atoms in total. The Balaban J connectivity index is 1.45. The highest BCUT2D eigenvalue weighted by Gasteiger charge is 2.50. The van der Waals surface area contributed by atoms with Crippen LogP contribution in [0.5, 0.6) is 11.8 Å². The van der Waals surface area contributed by atoms with Crippen LogP contribution in [-0.2, 0) is 6.18 Å². The topological polar surface area (TPSA) is 101 Å². The summed E-state index contributed by atoms with van der Waals surface area (Å²) in [4.78, 5) is 12.7. The van der Waals surface area contributed by atoms with Gasteiger partial charge in [0.25, 0.3) is 0 Å². The maximum absolute atomic E-state index is 16.9. The van der Waals surface area contributed by atoms with Crippen molar-refractivity contribution in [3.8, 4) is 29.0 Å². The van der Waals surface area contributed by atoms with Gasteiger partial charge in [0.05, 0.1) is 50.3 Å². The van der Waals surface area contributed by atoms with Gasteiger partial charge in [-0.2, -0.15) is 28.4 Å². The summed E-state index contributed by atoms with van der Waals surface area (Å²) in [7, 11) is 0. The number of ether oxygens (including phenoxy) is 2. The van der Waals surface area contributed by atoms with Gasteiger partial charge in [0, 0.05) is 30.6 Å². The zero-order chi connectivity index (χ0) is 33.6. The largest absolute Gasteiger partial charge is 0.489 e. The van der Waals surface area contributed by atoms with E-state index in [0.29, 0.717) is 32.0 Å². The van der Waals surface area contributed by atoms with Crippen molar-refractivity contribution in [1.82, 2.24) is 14.9 Å². The third kappa shape index (κ3) is 5.25. The summed E-state index contributed by atoms with van der Waals surface area (Å²) in [6.45, 7) is 2.98. The minimum Gasteiger partial charge on any atom is -0.489 e. The molecule has 0 spiro atoms. The SMILES string of the molecule is CC1COc2c(Cl)c(-c3c(F)c(N)cc(Cl)c3C(F)(F)F)c(F)c3nc(OC[C@@]45CCCN4C[C@H](F)C5)nc(c23)N1CC1CC1C#N. The van der Waals surface area contributed by atoms with E-state index >= 15 is 8.78 Å². The molecule has 1 saturated carbocycles. The number of nitrogen functional groups attached to an aromatic ring is 1. The Labute approximate surface area is 275 Å². The van der Waals surface area contributed by atoms with Gasteiger partial charge in [-0.15, -0.1) is 0 Å². The molecule has 47 heavy (non-hydrogen) atoms. The molecule has 1 aromatic heterocycles. The number of nitriles is 1. The number of benzene rings is 2. The van der Waals surface area contributed by atoms with E-state index in [9.17, 15) is 22.8 Å². The number of nitrogens with two attached hydrogens (primary N) is 1. The maximum atomic E-state index is 16.9. The second kappa shape index (κ2) is 11.3. The van der Waals surface area contributed by atoms with Gasteiger partial charge in [-0.05, 0) is 44.7 Å². The molecule has 3 aliphatic heterocycles. The van der Waals surface area contributed by atoms with Crippen molar-refractivity contribution in [2.75, 3.05) is 43.5 Å². The van der Waals surface area contributed by atoms with E-state index in [2.05, 4.69) is 16.0 Å². The first-order valence-corrected chi connectivity index (χ1v) is 15.9. The summed E-state index contributed by atoms with van der Waals surface area (Å²) in [5.41, 5.74) is -0.197. The quantitative estimate of drug-likeness (QED) is 0.213. The Hall–Kier alpha value is -3.41. The standard InChI is InChI=1S/C31H28Cl2F6N6O2/c1-13-11-46-27-21-26(25(36)20(23(27)33)19-22(31(37,38)39)17(32)6-18(41)24(19)35)42-29(43-28(21)45(13)9-15-5-14(15)8-40)47-12-30-3-2-4-44(30)10-16(34)7-30/h6,13-16H,2-5,7,9-12,41H2,1H3/t13?,14?,15?,16-,30+/m1/s1. The van der Waals surface area contributed by atoms with Crippen molar-refractivity contribution < 1.29 is 35.8 Å². The molecular formula is C31H28Cl2F6N6O2. The minimum absolute atomic E-state index is 0.0177. The number of rotatable bonds is 6. The second-order valence-electron chi connectivity index (χ2n) is 12.8. The zero-order valence-corrected chi connectivity index (χ0v) is 26.4. The van der Waals surface area contributed by atoms with Gasteiger partial charge in [-0.3, -0.25) is 4.90 Å². The molecule has 3 fully saturated rings. The molecule has 5 atom stereocenters. The van der Waals surface area contributed by atoms with Crippen molar-refractivity contribution in [1.29, 1.82) is 5.26 Å². The summed E-state index contributed by atoms with van der Waals surface area (Å²) in [6, 6.07) is 2.07. The number of hydrogen-bond donors (Lipinski definition) is 1. The Morgan fingerprint density at radius 3 is 2.68 bits per heavy atom. The molecule has 4 heterocycles. The lowest BCUT2D eigenvalue weighted by Crippen LogP contribution is -2.43. The number of anilines is 2. The lowest BCUT2D eigenvalue weighted by atomic mass is 9.95. The average Bonchev–Trinajstić information content (AvgIpc) is 3.58. The van der Waals surface area contributed by atoms with E-state index in [1.165, 1.54) is 0 Å². The van der Waals surface area contributed by atoms with Gasteiger partial charge < -0.3 is 20.1 Å². The fourth-order valence-electron chi connectivity index (χ4n) is 7.30. The maximum Gasteiger partial charge on any atom is 0.418 e. The van der Waals surface area contributed by atoms with Gasteiger partial charge in [0.15, 0.2) is 17.4 Å². The van der Waals surface area contributed by atoms with Crippen LogP contribution in [0.15, 0.2) is 6.07 Å². The first-order chi connectivity index (χ1) is 22.2. The molecule has 1 aliphatic carbocycles. The first kappa shape index (κ1) is 32.2. The van der Waals surface area contributed by atoms with Crippen LogP contribution in [0.4, 0.5) is 37.8 Å². The number of halogens is 8. The fourth-order valence-corrected chi connectivity index (χ4v) is 7.94. The van der Waals surface area contributed by atoms with E-state index in [-0.39, 0.29) is 61.0 Å². The Kier molecular flexibility index (Phi) is 7.76. The van der Waals surface area contributed by atoms with Crippen LogP contribution in [0, 0.1) is 34.8 Å². The van der Waals surface area contributed by atoms with Crippen molar-refractivity contribution >= 4 is 45.6 Å². The molecular weight excluding hydrogens is 673 g/mol. The number of nitrogens with zero attached hydrogens (tertiary/aromatic N) is 5. The summed E-state index contributed by atoms with van der Waals surface area (Å²) in [6.07, 6.45) is -3.92. The molecule has 0 radical (unpaired) electrons. The van der Waals surface area contributed by atoms with Crippen molar-refractivity contribution in [2.45, 2.75) is 56.5 Å². The van der Waals surface area contributed by atoms with Crippen molar-refractivity contribution in [2.24, 2.45) is 11.8 Å². The highest BCUT2D eigenvalue weighted by molar-refractivity contribution is 6.37. The van der Waals surface area contributed by atoms with E-state index in [1.54, 1.807) is 11.8 Å². The molecule has 3 unspecified atom stereocenters. The molecule has 7 rings (SSSR count). The summed E-state index contributed by atoms with van der Waals surface area (Å²) >= 11 is 12.6. The fraction of sp³-hybridized carbons (Fsp3) is 0.516. The second-order valence-corrected chi connectivity index (χ2v) is 13.6. The van der Waals surface area contributed by atoms with Crippen LogP contribution < -0.4 is 20.1 Å². The zero-order valence-electron chi connectivity index (χ0n) is 24.9. The van der Waals surface area contributed by atoms with Crippen LogP contribution in [0.3, 0.4) is 0 Å². The summed E-state index contributed by atoms with van der Waals surface area (Å²) < 4.78 is 102. The normalized spacial score (nSPS) is 27.0. The lowest BCUT2D eigenvalue weighted by molar-refractivity contribution is -0.137. The van der Waals surface area contributed by atoms with Gasteiger partial charge in [0.2, 0.25) is 0 Å². The first-order valence-electron chi connectivity index (χ1n) is 15.1. The molecule has 3 aromatic rings. The minimum atomic E-state index is -5.24. The Morgan fingerprint density at radius 1 is 1.21 bits per heavy atom. The molecule has 0 amide bonds. The van der Waals surface area contributed by atoms with Gasteiger partial charge in [-0.25, -0.2) is 13.2 Å². The van der Waals surface area contributed by atoms with Crippen LogP contribution in [0.2, 0.25) is 10.0 Å². The lowest BCUT2D eigenvalue weighted by Gasteiger charge is -2.31. The van der Waals surface area contributed by atoms with E-state index in [1.807, 2.05) is 4.90 Å². The molecule has 2 saturated heterocycles. The summed E-state index contributed by atoms with van der Waals surface area (Å²) in [5, 5.41) is 7.76. The molecule has 2 aromatic carbocycles. The molecule has 0 bridgehead atoms. The van der Waals surface area contributed by atoms with E-state index in [0.717, 1.165) is 6.42 Å². The average molecular weight is 701 g/mol. The molecule has 16 heteroatoms. The Bertz CT molecular complexity index is 1840. The Morgan fingerprint density at radius 2 is 1.98 bits per heavy atom. The molecule has 4 aliphatic rings. The molecule has 2 N–H and O–H groups in total. The predicted octanol–water partition coefficient (Wildman–Crippen LogP) is 7.18. The third-order valence-electron chi connectivity index (χ3n) is 9.74. The van der Waals surface area contributed by atoms with Crippen LogP contribution >= 0.6 is 23.2 Å². The van der Waals surface area contributed by atoms with E-state index in [4.69, 9.17) is 38.4 Å². The van der Waals surface area contributed by atoms with Crippen LogP contribution in [0.25, 0.3) is 22.0 Å². The van der Waals surface area contributed by atoms with Crippen molar-refractivity contribution in [3.63, 3.8) is 0 Å². The molecule has 250 valence electrons. The number of aromatic nitrogens is 2. The van der Waals surface area contributed by atoms with Gasteiger partial charge >= 0.3 is 12.2 Å². The highest BCUT2D eigenvalue weighted by atomic mass is 35.5. The third-order valence-corrected chi connectivity index (χ3v) is 10.4. The van der Waals surface area contributed by atoms with E-state index < -0.39 is 73.5 Å². The highest BCUT2D eigenvalue weighted by Crippen LogP contribution is 2.53. The van der Waals surface area contributed by atoms with Crippen LogP contribution in [0.1, 0.15) is 38.2 Å². The number of fused-ring (bicyclic) bond motifs is 1. The predicted molar refractivity (Wildman–Crippen MR) is 162 cm³/mol. The van der Waals surface area contributed by atoms with Crippen LogP contribution in [-0.4, -0.2) is 65.5 Å². The number of alkyl halides is 4. The van der Waals surface area contributed by atoms with Gasteiger partial charge in [-0.1, -0.05) is 23.2 Å². The van der Waals surface area contributed by atoms with Crippen molar-refractivity contribution in [3.05, 3.63) is 33.3 Å². The monoisotopic (exact) mass is 700 g/mol. The smallest absolute Gasteiger partial charge is 0.418 e. The number of hydrogen-bond acceptors (Lipinski definition) is 8. The summed E-state index contributed by atoms with van der Waals surface area (Å²) in [5.74, 6) is -3.34. The van der Waals surface area contributed by atoms with Gasteiger partial charge in [0.1, 0.15) is 30.7 Å².